The summed E-state index contributed by atoms with van der Waals surface area (Å²) in [6.07, 6.45) is 0.708. The topological polar surface area (TPSA) is 84.9 Å². The number of esters is 1. The zero-order valence-electron chi connectivity index (χ0n) is 17.0. The Morgan fingerprint density at radius 3 is 2.69 bits per heavy atom. The highest BCUT2D eigenvalue weighted by Crippen LogP contribution is 2.39. The van der Waals surface area contributed by atoms with E-state index in [4.69, 9.17) is 21.1 Å². The van der Waals surface area contributed by atoms with Crippen LogP contribution < -0.4 is 5.32 Å². The first-order valence-electron chi connectivity index (χ1n) is 9.59. The summed E-state index contributed by atoms with van der Waals surface area (Å²) in [6, 6.07) is 7.12. The molecule has 7 nitrogen and oxygen atoms in total. The smallest absolute Gasteiger partial charge is 0.336 e. The van der Waals surface area contributed by atoms with Gasteiger partial charge >= 0.3 is 5.97 Å². The molecule has 0 unspecified atom stereocenters. The maximum atomic E-state index is 12.8. The van der Waals surface area contributed by atoms with E-state index in [2.05, 4.69) is 5.32 Å². The number of rotatable bonds is 9. The van der Waals surface area contributed by atoms with E-state index in [9.17, 15) is 14.4 Å². The first kappa shape index (κ1) is 22.9. The predicted octanol–water partition coefficient (Wildman–Crippen LogP) is 2.65. The highest BCUT2D eigenvalue weighted by molar-refractivity contribution is 6.31. The van der Waals surface area contributed by atoms with E-state index >= 15 is 0 Å². The lowest BCUT2D eigenvalue weighted by molar-refractivity contribution is -0.141. The zero-order valence-corrected chi connectivity index (χ0v) is 17.8. The molecule has 1 atom stereocenters. The molecule has 0 fully saturated rings. The van der Waals surface area contributed by atoms with E-state index in [-0.39, 0.29) is 31.4 Å². The van der Waals surface area contributed by atoms with Gasteiger partial charge in [-0.1, -0.05) is 29.8 Å². The summed E-state index contributed by atoms with van der Waals surface area (Å²) in [7, 11) is 1.59. The monoisotopic (exact) mass is 422 g/mol. The van der Waals surface area contributed by atoms with Crippen LogP contribution >= 0.6 is 11.6 Å². The molecule has 1 N–H and O–H groups in total. The molecule has 0 saturated heterocycles. The molecule has 29 heavy (non-hydrogen) atoms. The van der Waals surface area contributed by atoms with E-state index in [1.165, 1.54) is 4.90 Å². The van der Waals surface area contributed by atoms with Crippen LogP contribution in [0.2, 0.25) is 5.02 Å². The molecule has 1 aliphatic heterocycles. The van der Waals surface area contributed by atoms with Gasteiger partial charge in [-0.25, -0.2) is 4.79 Å². The molecule has 0 aromatic heterocycles. The Bertz CT molecular complexity index is 793. The van der Waals surface area contributed by atoms with Crippen molar-refractivity contribution in [1.29, 1.82) is 0 Å². The van der Waals surface area contributed by atoms with Gasteiger partial charge in [0, 0.05) is 43.3 Å². The van der Waals surface area contributed by atoms with Gasteiger partial charge in [0.2, 0.25) is 11.8 Å². The van der Waals surface area contributed by atoms with Crippen molar-refractivity contribution >= 4 is 29.4 Å². The van der Waals surface area contributed by atoms with Crippen LogP contribution in [0.3, 0.4) is 0 Å². The van der Waals surface area contributed by atoms with E-state index < -0.39 is 11.9 Å². The molecule has 0 spiro atoms. The molecule has 158 valence electrons. The maximum absolute atomic E-state index is 12.8. The number of benzene rings is 1. The quantitative estimate of drug-likeness (QED) is 0.488. The van der Waals surface area contributed by atoms with E-state index in [0.717, 1.165) is 0 Å². The number of methoxy groups -OCH3 is 1. The first-order valence-corrected chi connectivity index (χ1v) is 9.96. The standard InChI is InChI=1S/C21H27ClN2O5/c1-4-29-21(27)20-14(2)24(13-18(25)23-10-7-11-28-3)19(26)12-16(20)15-8-5-6-9-17(15)22/h5-6,8-9,16H,4,7,10-13H2,1-3H3,(H,23,25)/t16-/m1/s1. The van der Waals surface area contributed by atoms with Gasteiger partial charge in [-0.2, -0.15) is 0 Å². The number of nitrogens with one attached hydrogen (secondary N) is 1. The van der Waals surface area contributed by atoms with Crippen molar-refractivity contribution in [3.63, 3.8) is 0 Å². The maximum Gasteiger partial charge on any atom is 0.336 e. The summed E-state index contributed by atoms with van der Waals surface area (Å²) >= 11 is 6.33. The number of halogens is 1. The lowest BCUT2D eigenvalue weighted by Crippen LogP contribution is -2.44. The van der Waals surface area contributed by atoms with E-state index in [1.54, 1.807) is 39.2 Å². The van der Waals surface area contributed by atoms with Crippen LogP contribution in [0.15, 0.2) is 35.5 Å². The minimum atomic E-state index is -0.517. The van der Waals surface area contributed by atoms with Crippen molar-refractivity contribution < 1.29 is 23.9 Å². The van der Waals surface area contributed by atoms with Crippen molar-refractivity contribution in [2.45, 2.75) is 32.6 Å². The predicted molar refractivity (Wildman–Crippen MR) is 109 cm³/mol. The lowest BCUT2D eigenvalue weighted by atomic mass is 9.83. The van der Waals surface area contributed by atoms with Crippen LogP contribution in [0.4, 0.5) is 0 Å². The van der Waals surface area contributed by atoms with Gasteiger partial charge < -0.3 is 19.7 Å². The molecule has 1 aromatic carbocycles. The lowest BCUT2D eigenvalue weighted by Gasteiger charge is -2.34. The van der Waals surface area contributed by atoms with Gasteiger partial charge in [-0.05, 0) is 31.9 Å². The van der Waals surface area contributed by atoms with Crippen molar-refractivity contribution in [2.24, 2.45) is 0 Å². The number of allylic oxidation sites excluding steroid dienone is 1. The normalized spacial score (nSPS) is 16.8. The SMILES string of the molecule is CCOC(=O)C1=C(C)N(CC(=O)NCCCOC)C(=O)C[C@@H]1c1ccccc1Cl. The van der Waals surface area contributed by atoms with Crippen molar-refractivity contribution in [3.8, 4) is 0 Å². The van der Waals surface area contributed by atoms with Gasteiger partial charge in [0.1, 0.15) is 6.54 Å². The van der Waals surface area contributed by atoms with E-state index in [0.29, 0.717) is 41.4 Å². The molecular weight excluding hydrogens is 396 g/mol. The van der Waals surface area contributed by atoms with Gasteiger partial charge in [0.25, 0.3) is 0 Å². The van der Waals surface area contributed by atoms with Crippen LogP contribution in [-0.4, -0.2) is 56.1 Å². The van der Waals surface area contributed by atoms with Crippen LogP contribution in [0, 0.1) is 0 Å². The molecule has 0 aliphatic carbocycles. The number of carbonyl (C=O) groups excluding carboxylic acids is 3. The molecule has 2 amide bonds. The number of ether oxygens (including phenoxy) is 2. The number of carbonyl (C=O) groups is 3. The highest BCUT2D eigenvalue weighted by atomic mass is 35.5. The Labute approximate surface area is 176 Å². The molecule has 2 rings (SSSR count). The average Bonchev–Trinajstić information content (AvgIpc) is 2.68. The van der Waals surface area contributed by atoms with Gasteiger partial charge in [0.05, 0.1) is 12.2 Å². The van der Waals surface area contributed by atoms with Crippen molar-refractivity contribution in [3.05, 3.63) is 46.1 Å². The van der Waals surface area contributed by atoms with Gasteiger partial charge in [-0.15, -0.1) is 0 Å². The van der Waals surface area contributed by atoms with Crippen LogP contribution in [0.25, 0.3) is 0 Å². The third kappa shape index (κ3) is 5.81. The summed E-state index contributed by atoms with van der Waals surface area (Å²) in [5, 5.41) is 3.23. The molecule has 1 aliphatic rings. The first-order chi connectivity index (χ1) is 13.9. The van der Waals surface area contributed by atoms with Crippen LogP contribution in [-0.2, 0) is 23.9 Å². The number of hydrogen-bond acceptors (Lipinski definition) is 5. The molecule has 0 bridgehead atoms. The fraction of sp³-hybridized carbons (Fsp3) is 0.476. The zero-order chi connectivity index (χ0) is 21.4. The van der Waals surface area contributed by atoms with Gasteiger partial charge in [-0.3, -0.25) is 9.59 Å². The number of amides is 2. The van der Waals surface area contributed by atoms with Crippen molar-refractivity contribution in [1.82, 2.24) is 10.2 Å². The molecule has 0 radical (unpaired) electrons. The Hall–Kier alpha value is -2.38. The third-order valence-corrected chi connectivity index (χ3v) is 5.09. The molecule has 0 saturated carbocycles. The Kier molecular flexibility index (Phi) is 8.67. The second-order valence-electron chi connectivity index (χ2n) is 6.67. The van der Waals surface area contributed by atoms with Gasteiger partial charge in [0.15, 0.2) is 0 Å². The van der Waals surface area contributed by atoms with Crippen LogP contribution in [0.5, 0.6) is 0 Å². The largest absolute Gasteiger partial charge is 0.463 e. The number of hydrogen-bond donors (Lipinski definition) is 1. The summed E-state index contributed by atoms with van der Waals surface area (Å²) in [4.78, 5) is 39.2. The minimum Gasteiger partial charge on any atom is -0.463 e. The highest BCUT2D eigenvalue weighted by Gasteiger charge is 2.38. The third-order valence-electron chi connectivity index (χ3n) is 4.75. The Morgan fingerprint density at radius 1 is 1.31 bits per heavy atom. The molecule has 1 aromatic rings. The summed E-state index contributed by atoms with van der Waals surface area (Å²) in [6.45, 7) is 4.41. The fourth-order valence-corrected chi connectivity index (χ4v) is 3.61. The summed E-state index contributed by atoms with van der Waals surface area (Å²) < 4.78 is 10.2. The summed E-state index contributed by atoms with van der Waals surface area (Å²) in [5.41, 5.74) is 1.46. The Balaban J connectivity index is 2.30. The van der Waals surface area contributed by atoms with Crippen molar-refractivity contribution in [2.75, 3.05) is 33.4 Å². The van der Waals surface area contributed by atoms with Crippen LogP contribution in [0.1, 0.15) is 38.2 Å². The van der Waals surface area contributed by atoms with E-state index in [1.807, 2.05) is 6.07 Å². The second-order valence-corrected chi connectivity index (χ2v) is 7.08. The minimum absolute atomic E-state index is 0.0339. The fourth-order valence-electron chi connectivity index (χ4n) is 3.34. The summed E-state index contributed by atoms with van der Waals surface area (Å²) in [5.74, 6) is -1.56. The Morgan fingerprint density at radius 2 is 2.03 bits per heavy atom. The average molecular weight is 423 g/mol. The second kappa shape index (κ2) is 11.0. The molecular formula is C21H27ClN2O5. The molecule has 1 heterocycles. The molecule has 8 heteroatoms. The number of nitrogens with zero attached hydrogens (tertiary/aromatic N) is 1.